The van der Waals surface area contributed by atoms with E-state index in [9.17, 15) is 0 Å². The lowest BCUT2D eigenvalue weighted by atomic mass is 9.81. The normalized spacial score (nSPS) is 20.3. The van der Waals surface area contributed by atoms with Gasteiger partial charge in [-0.3, -0.25) is 4.90 Å². The molecule has 0 spiro atoms. The quantitative estimate of drug-likeness (QED) is 0.776. The molecule has 1 unspecified atom stereocenters. The predicted molar refractivity (Wildman–Crippen MR) is 90.9 cm³/mol. The molecule has 1 aliphatic heterocycles. The molecule has 0 radical (unpaired) electrons. The zero-order valence-corrected chi connectivity index (χ0v) is 13.9. The Balaban J connectivity index is 2.04. The van der Waals surface area contributed by atoms with E-state index in [0.717, 1.165) is 19.6 Å². The molecule has 3 nitrogen and oxygen atoms in total. The summed E-state index contributed by atoms with van der Waals surface area (Å²) in [5.41, 5.74) is 1.64. The molecule has 2 rings (SSSR count). The van der Waals surface area contributed by atoms with Gasteiger partial charge in [-0.05, 0) is 25.6 Å². The lowest BCUT2D eigenvalue weighted by molar-refractivity contribution is 0.128. The van der Waals surface area contributed by atoms with Crippen LogP contribution in [0.2, 0.25) is 0 Å². The molecule has 3 heteroatoms. The van der Waals surface area contributed by atoms with Gasteiger partial charge in [0.05, 0.1) is 0 Å². The van der Waals surface area contributed by atoms with Crippen molar-refractivity contribution >= 4 is 0 Å². The van der Waals surface area contributed by atoms with Crippen molar-refractivity contribution in [1.29, 1.82) is 0 Å². The Labute approximate surface area is 130 Å². The van der Waals surface area contributed by atoms with Crippen molar-refractivity contribution in [2.75, 3.05) is 52.9 Å². The van der Waals surface area contributed by atoms with E-state index in [0.29, 0.717) is 0 Å². The highest BCUT2D eigenvalue weighted by molar-refractivity contribution is 5.25. The van der Waals surface area contributed by atoms with Gasteiger partial charge in [-0.15, -0.1) is 0 Å². The highest BCUT2D eigenvalue weighted by atomic mass is 15.2. The molecule has 0 saturated carbocycles. The molecular formula is C18H31N3. The number of nitrogens with zero attached hydrogens (tertiary/aromatic N) is 2. The Morgan fingerprint density at radius 1 is 1.10 bits per heavy atom. The van der Waals surface area contributed by atoms with E-state index in [4.69, 9.17) is 0 Å². The van der Waals surface area contributed by atoms with Gasteiger partial charge in [0.25, 0.3) is 0 Å². The largest absolute Gasteiger partial charge is 0.316 e. The van der Waals surface area contributed by atoms with Crippen LogP contribution < -0.4 is 5.32 Å². The van der Waals surface area contributed by atoms with Crippen molar-refractivity contribution < 1.29 is 0 Å². The monoisotopic (exact) mass is 289 g/mol. The van der Waals surface area contributed by atoms with Gasteiger partial charge in [0, 0.05) is 44.7 Å². The van der Waals surface area contributed by atoms with Crippen molar-refractivity contribution in [3.8, 4) is 0 Å². The summed E-state index contributed by atoms with van der Waals surface area (Å²) in [6.07, 6.45) is 1.19. The third-order valence-corrected chi connectivity index (χ3v) is 4.58. The van der Waals surface area contributed by atoms with Crippen LogP contribution in [0.4, 0.5) is 0 Å². The van der Waals surface area contributed by atoms with Gasteiger partial charge < -0.3 is 10.2 Å². The van der Waals surface area contributed by atoms with Crippen molar-refractivity contribution in [2.45, 2.75) is 25.7 Å². The van der Waals surface area contributed by atoms with E-state index < -0.39 is 0 Å². The first-order valence-corrected chi connectivity index (χ1v) is 8.31. The third-order valence-electron chi connectivity index (χ3n) is 4.58. The van der Waals surface area contributed by atoms with E-state index >= 15 is 0 Å². The zero-order chi connectivity index (χ0) is 15.1. The van der Waals surface area contributed by atoms with Gasteiger partial charge in [-0.25, -0.2) is 0 Å². The molecule has 0 aromatic heterocycles. The molecule has 0 amide bonds. The summed E-state index contributed by atoms with van der Waals surface area (Å²) in [4.78, 5) is 5.05. The molecule has 1 aromatic rings. The molecule has 1 N–H and O–H groups in total. The summed E-state index contributed by atoms with van der Waals surface area (Å²) in [6.45, 7) is 12.7. The van der Waals surface area contributed by atoms with Crippen LogP contribution in [0.5, 0.6) is 0 Å². The number of benzene rings is 1. The molecule has 1 saturated heterocycles. The summed E-state index contributed by atoms with van der Waals surface area (Å²) in [5, 5.41) is 3.64. The fourth-order valence-electron chi connectivity index (χ4n) is 3.13. The smallest absolute Gasteiger partial charge is 0.0177 e. The first-order valence-electron chi connectivity index (χ1n) is 8.31. The maximum atomic E-state index is 3.64. The van der Waals surface area contributed by atoms with Crippen molar-refractivity contribution in [2.24, 2.45) is 0 Å². The first kappa shape index (κ1) is 16.5. The Kier molecular flexibility index (Phi) is 6.22. The lowest BCUT2D eigenvalue weighted by Gasteiger charge is -2.40. The second-order valence-electron chi connectivity index (χ2n) is 6.68. The Morgan fingerprint density at radius 3 is 2.38 bits per heavy atom. The highest BCUT2D eigenvalue weighted by Crippen LogP contribution is 2.25. The molecular weight excluding hydrogens is 258 g/mol. The van der Waals surface area contributed by atoms with Crippen LogP contribution in [0.25, 0.3) is 0 Å². The van der Waals surface area contributed by atoms with Gasteiger partial charge in [0.15, 0.2) is 0 Å². The first-order chi connectivity index (χ1) is 10.1. The summed E-state index contributed by atoms with van der Waals surface area (Å²) >= 11 is 0. The van der Waals surface area contributed by atoms with E-state index in [1.54, 1.807) is 0 Å². The number of hydrogen-bond acceptors (Lipinski definition) is 3. The van der Waals surface area contributed by atoms with Gasteiger partial charge in [0.2, 0.25) is 0 Å². The molecule has 21 heavy (non-hydrogen) atoms. The second kappa shape index (κ2) is 7.92. The number of piperazine rings is 1. The Hall–Kier alpha value is -0.900. The molecule has 1 atom stereocenters. The maximum Gasteiger partial charge on any atom is 0.0177 e. The summed E-state index contributed by atoms with van der Waals surface area (Å²) in [7, 11) is 2.22. The highest BCUT2D eigenvalue weighted by Gasteiger charge is 2.29. The second-order valence-corrected chi connectivity index (χ2v) is 6.68. The summed E-state index contributed by atoms with van der Waals surface area (Å²) in [5.74, 6) is 0. The summed E-state index contributed by atoms with van der Waals surface area (Å²) < 4.78 is 0. The predicted octanol–water partition coefficient (Wildman–Crippen LogP) is 2.19. The topological polar surface area (TPSA) is 18.5 Å². The standard InChI is InChI=1S/C18H31N3/c1-4-10-19-15-18(2,17-8-6-5-7-9-17)16-21-13-11-20(3)12-14-21/h5-9,19H,4,10-16H2,1-3H3. The molecule has 1 fully saturated rings. The number of rotatable bonds is 7. The third kappa shape index (κ3) is 4.80. The fraction of sp³-hybridized carbons (Fsp3) is 0.667. The SMILES string of the molecule is CCCNCC(C)(CN1CCN(C)CC1)c1ccccc1. The van der Waals surface area contributed by atoms with Crippen LogP contribution >= 0.6 is 0 Å². The Bertz CT molecular complexity index is 398. The van der Waals surface area contributed by atoms with Gasteiger partial charge >= 0.3 is 0 Å². The van der Waals surface area contributed by atoms with Crippen LogP contribution in [-0.2, 0) is 5.41 Å². The minimum atomic E-state index is 0.187. The average Bonchev–Trinajstić information content (AvgIpc) is 2.51. The fourth-order valence-corrected chi connectivity index (χ4v) is 3.13. The molecule has 1 aliphatic rings. The van der Waals surface area contributed by atoms with Crippen LogP contribution in [0.15, 0.2) is 30.3 Å². The average molecular weight is 289 g/mol. The Morgan fingerprint density at radius 2 is 1.76 bits per heavy atom. The van der Waals surface area contributed by atoms with Gasteiger partial charge in [-0.1, -0.05) is 44.2 Å². The molecule has 118 valence electrons. The number of likely N-dealkylation sites (N-methyl/N-ethyl adjacent to an activating group) is 1. The molecule has 1 heterocycles. The zero-order valence-electron chi connectivity index (χ0n) is 13.9. The molecule has 0 aliphatic carbocycles. The van der Waals surface area contributed by atoms with Crippen LogP contribution in [0.3, 0.4) is 0 Å². The maximum absolute atomic E-state index is 3.64. The summed E-state index contributed by atoms with van der Waals surface area (Å²) in [6, 6.07) is 11.0. The van der Waals surface area contributed by atoms with E-state index in [1.807, 2.05) is 0 Å². The minimum absolute atomic E-state index is 0.187. The van der Waals surface area contributed by atoms with E-state index in [-0.39, 0.29) is 5.41 Å². The lowest BCUT2D eigenvalue weighted by Crippen LogP contribution is -2.51. The van der Waals surface area contributed by atoms with Crippen molar-refractivity contribution in [3.05, 3.63) is 35.9 Å². The molecule has 0 bridgehead atoms. The number of hydrogen-bond donors (Lipinski definition) is 1. The molecule has 1 aromatic carbocycles. The van der Waals surface area contributed by atoms with Gasteiger partial charge in [-0.2, -0.15) is 0 Å². The van der Waals surface area contributed by atoms with E-state index in [2.05, 4.69) is 66.3 Å². The van der Waals surface area contributed by atoms with Crippen LogP contribution in [0.1, 0.15) is 25.8 Å². The van der Waals surface area contributed by atoms with Gasteiger partial charge in [0.1, 0.15) is 0 Å². The van der Waals surface area contributed by atoms with E-state index in [1.165, 1.54) is 38.2 Å². The van der Waals surface area contributed by atoms with Crippen LogP contribution in [0, 0.1) is 0 Å². The minimum Gasteiger partial charge on any atom is -0.316 e. The van der Waals surface area contributed by atoms with Crippen LogP contribution in [-0.4, -0.2) is 62.7 Å². The number of nitrogens with one attached hydrogen (secondary N) is 1. The van der Waals surface area contributed by atoms with Crippen molar-refractivity contribution in [3.63, 3.8) is 0 Å². The van der Waals surface area contributed by atoms with Crippen molar-refractivity contribution in [1.82, 2.24) is 15.1 Å².